The summed E-state index contributed by atoms with van der Waals surface area (Å²) in [6.07, 6.45) is 0. The van der Waals surface area contributed by atoms with Crippen LogP contribution < -0.4 is 10.6 Å². The van der Waals surface area contributed by atoms with E-state index in [1.54, 1.807) is 0 Å². The minimum atomic E-state index is -0.607. The summed E-state index contributed by atoms with van der Waals surface area (Å²) < 4.78 is 19.1. The van der Waals surface area contributed by atoms with E-state index in [9.17, 15) is 9.18 Å². The molecule has 4 aromatic rings. The number of halogens is 1. The number of anilines is 1. The van der Waals surface area contributed by atoms with E-state index in [4.69, 9.17) is 4.42 Å². The van der Waals surface area contributed by atoms with Gasteiger partial charge in [0.05, 0.1) is 6.04 Å². The Kier molecular flexibility index (Phi) is 5.40. The van der Waals surface area contributed by atoms with Gasteiger partial charge < -0.3 is 9.73 Å². The molecule has 0 saturated carbocycles. The van der Waals surface area contributed by atoms with Gasteiger partial charge in [0.1, 0.15) is 23.2 Å². The molecule has 1 amide bonds. The van der Waals surface area contributed by atoms with Crippen LogP contribution in [0.4, 0.5) is 10.1 Å². The molecule has 2 unspecified atom stereocenters. The predicted molar refractivity (Wildman–Crippen MR) is 112 cm³/mol. The number of rotatable bonds is 6. The van der Waals surface area contributed by atoms with Gasteiger partial charge in [0.2, 0.25) is 5.91 Å². The molecular formula is C24H21FN2O2. The number of hydrogen-bond acceptors (Lipinski definition) is 3. The first-order valence-corrected chi connectivity index (χ1v) is 9.46. The van der Waals surface area contributed by atoms with E-state index in [1.807, 2.05) is 67.6 Å². The van der Waals surface area contributed by atoms with Gasteiger partial charge in [-0.15, -0.1) is 0 Å². The van der Waals surface area contributed by atoms with Gasteiger partial charge in [-0.3, -0.25) is 10.1 Å². The van der Waals surface area contributed by atoms with Gasteiger partial charge in [-0.2, -0.15) is 0 Å². The quantitative estimate of drug-likeness (QED) is 0.452. The lowest BCUT2D eigenvalue weighted by molar-refractivity contribution is -0.118. The van der Waals surface area contributed by atoms with Gasteiger partial charge in [-0.1, -0.05) is 48.5 Å². The number of carbonyl (C=O) groups excluding carboxylic acids is 1. The highest BCUT2D eigenvalue weighted by molar-refractivity contribution is 5.95. The lowest BCUT2D eigenvalue weighted by atomic mass is 10.0. The van der Waals surface area contributed by atoms with Gasteiger partial charge >= 0.3 is 0 Å². The van der Waals surface area contributed by atoms with Crippen molar-refractivity contribution in [3.05, 3.63) is 102 Å². The van der Waals surface area contributed by atoms with Crippen LogP contribution in [0.25, 0.3) is 11.0 Å². The van der Waals surface area contributed by atoms with Gasteiger partial charge in [0.15, 0.2) is 0 Å². The summed E-state index contributed by atoms with van der Waals surface area (Å²) in [6, 6.07) is 24.2. The van der Waals surface area contributed by atoms with Crippen LogP contribution in [0.15, 0.2) is 89.3 Å². The molecule has 146 valence electrons. The Morgan fingerprint density at radius 1 is 0.931 bits per heavy atom. The largest absolute Gasteiger partial charge is 0.459 e. The van der Waals surface area contributed by atoms with Crippen molar-refractivity contribution < 1.29 is 13.6 Å². The second kappa shape index (κ2) is 8.29. The molecule has 0 fully saturated rings. The normalized spacial score (nSPS) is 13.2. The molecule has 29 heavy (non-hydrogen) atoms. The summed E-state index contributed by atoms with van der Waals surface area (Å²) in [5, 5.41) is 7.23. The fourth-order valence-electron chi connectivity index (χ4n) is 3.26. The van der Waals surface area contributed by atoms with Crippen LogP contribution in [0.3, 0.4) is 0 Å². The maximum Gasteiger partial charge on any atom is 0.246 e. The zero-order valence-electron chi connectivity index (χ0n) is 15.9. The number of hydrogen-bond donors (Lipinski definition) is 2. The lowest BCUT2D eigenvalue weighted by Crippen LogP contribution is -2.34. The standard InChI is InChI=1S/C24H21FN2O2/c1-16(22-15-18-9-5-6-10-21(18)29-22)26-23(17-7-3-2-4-8-17)24(28)27-20-13-11-19(25)12-14-20/h2-16,23,26H,1H3,(H,27,28). The maximum atomic E-state index is 13.2. The molecule has 4 rings (SSSR count). The van der Waals surface area contributed by atoms with E-state index in [1.165, 1.54) is 24.3 Å². The molecule has 0 aliphatic carbocycles. The Balaban J connectivity index is 1.58. The Labute approximate surface area is 168 Å². The summed E-state index contributed by atoms with van der Waals surface area (Å²) in [4.78, 5) is 13.0. The molecule has 3 aromatic carbocycles. The minimum absolute atomic E-state index is 0.202. The van der Waals surface area contributed by atoms with Crippen molar-refractivity contribution in [3.63, 3.8) is 0 Å². The van der Waals surface area contributed by atoms with Crippen molar-refractivity contribution in [2.45, 2.75) is 19.0 Å². The second-order valence-electron chi connectivity index (χ2n) is 6.91. The molecule has 2 N–H and O–H groups in total. The predicted octanol–water partition coefficient (Wildman–Crippen LogP) is 5.60. The Morgan fingerprint density at radius 2 is 1.62 bits per heavy atom. The SMILES string of the molecule is CC(NC(C(=O)Nc1ccc(F)cc1)c1ccccc1)c1cc2ccccc2o1. The highest BCUT2D eigenvalue weighted by Gasteiger charge is 2.24. The summed E-state index contributed by atoms with van der Waals surface area (Å²) in [7, 11) is 0. The number of benzene rings is 3. The molecule has 0 bridgehead atoms. The van der Waals surface area contributed by atoms with E-state index in [-0.39, 0.29) is 17.8 Å². The fraction of sp³-hybridized carbons (Fsp3) is 0.125. The zero-order valence-corrected chi connectivity index (χ0v) is 15.9. The van der Waals surface area contributed by atoms with Crippen molar-refractivity contribution in [3.8, 4) is 0 Å². The van der Waals surface area contributed by atoms with Gasteiger partial charge in [0.25, 0.3) is 0 Å². The summed E-state index contributed by atoms with van der Waals surface area (Å²) in [6.45, 7) is 1.96. The highest BCUT2D eigenvalue weighted by Crippen LogP contribution is 2.26. The van der Waals surface area contributed by atoms with Crippen LogP contribution in [0.2, 0.25) is 0 Å². The first kappa shape index (κ1) is 18.9. The van der Waals surface area contributed by atoms with E-state index >= 15 is 0 Å². The van der Waals surface area contributed by atoms with Crippen LogP contribution in [0, 0.1) is 5.82 Å². The number of fused-ring (bicyclic) bond motifs is 1. The van der Waals surface area contributed by atoms with Crippen LogP contribution in [-0.2, 0) is 4.79 Å². The average Bonchev–Trinajstić information content (AvgIpc) is 3.18. The highest BCUT2D eigenvalue weighted by atomic mass is 19.1. The molecule has 2 atom stereocenters. The van der Waals surface area contributed by atoms with Crippen molar-refractivity contribution in [1.82, 2.24) is 5.32 Å². The molecule has 4 nitrogen and oxygen atoms in total. The lowest BCUT2D eigenvalue weighted by Gasteiger charge is -2.22. The van der Waals surface area contributed by atoms with Gasteiger partial charge in [0, 0.05) is 11.1 Å². The van der Waals surface area contributed by atoms with E-state index < -0.39 is 6.04 Å². The first-order chi connectivity index (χ1) is 14.1. The monoisotopic (exact) mass is 388 g/mol. The maximum absolute atomic E-state index is 13.2. The number of carbonyl (C=O) groups is 1. The van der Waals surface area contributed by atoms with Gasteiger partial charge in [-0.25, -0.2) is 4.39 Å². The molecule has 0 saturated heterocycles. The fourth-order valence-corrected chi connectivity index (χ4v) is 3.26. The van der Waals surface area contributed by atoms with Crippen molar-refractivity contribution in [2.75, 3.05) is 5.32 Å². The van der Waals surface area contributed by atoms with Crippen molar-refractivity contribution in [1.29, 1.82) is 0 Å². The van der Waals surface area contributed by atoms with Crippen molar-refractivity contribution in [2.24, 2.45) is 0 Å². The van der Waals surface area contributed by atoms with Crippen LogP contribution in [0.1, 0.15) is 30.3 Å². The Morgan fingerprint density at radius 3 is 2.34 bits per heavy atom. The van der Waals surface area contributed by atoms with Gasteiger partial charge in [-0.05, 0) is 48.9 Å². The van der Waals surface area contributed by atoms with Crippen LogP contribution in [-0.4, -0.2) is 5.91 Å². The molecule has 1 aromatic heterocycles. The third kappa shape index (κ3) is 4.36. The zero-order chi connectivity index (χ0) is 20.2. The number of para-hydroxylation sites is 1. The first-order valence-electron chi connectivity index (χ1n) is 9.46. The molecular weight excluding hydrogens is 367 g/mol. The molecule has 0 spiro atoms. The third-order valence-corrected chi connectivity index (χ3v) is 4.79. The summed E-state index contributed by atoms with van der Waals surface area (Å²) in [5.74, 6) is 0.173. The molecule has 0 aliphatic rings. The van der Waals surface area contributed by atoms with E-state index in [0.29, 0.717) is 5.69 Å². The second-order valence-corrected chi connectivity index (χ2v) is 6.91. The Bertz CT molecular complexity index is 1070. The summed E-state index contributed by atoms with van der Waals surface area (Å²) >= 11 is 0. The molecule has 0 aliphatic heterocycles. The molecule has 5 heteroatoms. The number of amides is 1. The van der Waals surface area contributed by atoms with Crippen LogP contribution >= 0.6 is 0 Å². The van der Waals surface area contributed by atoms with Crippen LogP contribution in [0.5, 0.6) is 0 Å². The average molecular weight is 388 g/mol. The minimum Gasteiger partial charge on any atom is -0.459 e. The van der Waals surface area contributed by atoms with E-state index in [0.717, 1.165) is 22.3 Å². The third-order valence-electron chi connectivity index (χ3n) is 4.79. The Hall–Kier alpha value is -3.44. The number of nitrogens with one attached hydrogen (secondary N) is 2. The molecule has 0 radical (unpaired) electrons. The van der Waals surface area contributed by atoms with Crippen molar-refractivity contribution >= 4 is 22.6 Å². The topological polar surface area (TPSA) is 54.3 Å². The van der Waals surface area contributed by atoms with E-state index in [2.05, 4.69) is 10.6 Å². The molecule has 1 heterocycles. The summed E-state index contributed by atoms with van der Waals surface area (Å²) in [5.41, 5.74) is 2.17. The number of furan rings is 1. The smallest absolute Gasteiger partial charge is 0.246 e.